The van der Waals surface area contributed by atoms with E-state index in [1.807, 2.05) is 4.90 Å². The zero-order valence-corrected chi connectivity index (χ0v) is 17.6. The summed E-state index contributed by atoms with van der Waals surface area (Å²) in [7, 11) is -4.51. The lowest BCUT2D eigenvalue weighted by Gasteiger charge is -2.19. The number of amides is 1. The van der Waals surface area contributed by atoms with Crippen molar-refractivity contribution in [2.24, 2.45) is 5.14 Å². The van der Waals surface area contributed by atoms with E-state index in [0.29, 0.717) is 18.7 Å². The number of rotatable bonds is 6. The van der Waals surface area contributed by atoms with Gasteiger partial charge in [-0.15, -0.1) is 0 Å². The normalized spacial score (nSPS) is 14.1. The van der Waals surface area contributed by atoms with Crippen LogP contribution in [-0.2, 0) is 31.3 Å². The molecule has 0 aromatic heterocycles. The molecule has 0 spiro atoms. The van der Waals surface area contributed by atoms with Crippen LogP contribution in [-0.4, -0.2) is 54.2 Å². The molecule has 29 heavy (non-hydrogen) atoms. The first-order valence-electron chi connectivity index (χ1n) is 8.71. The lowest BCUT2D eigenvalue weighted by molar-refractivity contribution is -0.115. The van der Waals surface area contributed by atoms with Gasteiger partial charge in [-0.25, -0.2) is 26.3 Å². The Kier molecular flexibility index (Phi) is 5.68. The van der Waals surface area contributed by atoms with Crippen molar-refractivity contribution in [2.75, 3.05) is 37.4 Å². The molecular formula is C18H22N4O5S2. The molecule has 0 aliphatic carbocycles. The van der Waals surface area contributed by atoms with Crippen molar-refractivity contribution in [3.8, 4) is 0 Å². The highest BCUT2D eigenvalue weighted by atomic mass is 32.2. The van der Waals surface area contributed by atoms with E-state index < -0.39 is 20.0 Å². The summed E-state index contributed by atoms with van der Waals surface area (Å²) in [4.78, 5) is 14.4. The fraction of sp³-hybridized carbons (Fsp3) is 0.278. The van der Waals surface area contributed by atoms with E-state index in [1.54, 1.807) is 18.2 Å². The zero-order valence-electron chi connectivity index (χ0n) is 16.0. The van der Waals surface area contributed by atoms with Gasteiger partial charge in [-0.1, -0.05) is 6.07 Å². The van der Waals surface area contributed by atoms with Crippen LogP contribution in [0, 0.1) is 0 Å². The van der Waals surface area contributed by atoms with Crippen LogP contribution in [0.1, 0.15) is 5.56 Å². The summed E-state index contributed by atoms with van der Waals surface area (Å²) in [5.74, 6) is -0.312. The van der Waals surface area contributed by atoms with Gasteiger partial charge in [0.1, 0.15) is 0 Å². The molecule has 1 amide bonds. The van der Waals surface area contributed by atoms with Gasteiger partial charge >= 0.3 is 0 Å². The van der Waals surface area contributed by atoms with Crippen molar-refractivity contribution < 1.29 is 21.6 Å². The minimum atomic E-state index is -3.78. The van der Waals surface area contributed by atoms with Crippen molar-refractivity contribution in [3.63, 3.8) is 0 Å². The maximum absolute atomic E-state index is 12.5. The second-order valence-corrected chi connectivity index (χ2v) is 10.6. The lowest BCUT2D eigenvalue weighted by atomic mass is 10.2. The topological polar surface area (TPSA) is 130 Å². The van der Waals surface area contributed by atoms with Crippen molar-refractivity contribution in [2.45, 2.75) is 16.2 Å². The van der Waals surface area contributed by atoms with E-state index in [2.05, 4.69) is 5.32 Å². The second-order valence-electron chi connectivity index (χ2n) is 6.87. The minimum Gasteiger partial charge on any atom is -0.362 e. The van der Waals surface area contributed by atoms with E-state index in [1.165, 1.54) is 38.4 Å². The predicted molar refractivity (Wildman–Crippen MR) is 110 cm³/mol. The average Bonchev–Trinajstić information content (AvgIpc) is 3.03. The first-order valence-corrected chi connectivity index (χ1v) is 11.7. The quantitative estimate of drug-likeness (QED) is 0.679. The summed E-state index contributed by atoms with van der Waals surface area (Å²) in [5.41, 5.74) is 1.96. The molecule has 3 N–H and O–H groups in total. The highest BCUT2D eigenvalue weighted by Crippen LogP contribution is 2.29. The predicted octanol–water partition coefficient (Wildman–Crippen LogP) is 0.586. The molecule has 1 heterocycles. The fourth-order valence-electron chi connectivity index (χ4n) is 3.11. The molecule has 0 saturated heterocycles. The molecule has 0 unspecified atom stereocenters. The molecule has 0 atom stereocenters. The largest absolute Gasteiger partial charge is 0.362 e. The van der Waals surface area contributed by atoms with E-state index in [0.717, 1.165) is 15.6 Å². The molecule has 11 heteroatoms. The number of anilines is 2. The first-order chi connectivity index (χ1) is 13.5. The second kappa shape index (κ2) is 7.75. The first kappa shape index (κ1) is 21.2. The number of primary sulfonamides is 1. The molecule has 0 bridgehead atoms. The Balaban J connectivity index is 1.72. The maximum atomic E-state index is 12.5. The maximum Gasteiger partial charge on any atom is 0.243 e. The summed E-state index contributed by atoms with van der Waals surface area (Å²) in [6.07, 6.45) is 0.600. The van der Waals surface area contributed by atoms with Gasteiger partial charge in [0.15, 0.2) is 0 Å². The van der Waals surface area contributed by atoms with Crippen LogP contribution < -0.4 is 15.4 Å². The van der Waals surface area contributed by atoms with Gasteiger partial charge in [-0.05, 0) is 48.4 Å². The Hall–Kier alpha value is -2.47. The average molecular weight is 439 g/mol. The number of hydrogen-bond acceptors (Lipinski definition) is 6. The molecule has 0 radical (unpaired) electrons. The van der Waals surface area contributed by atoms with Crippen molar-refractivity contribution in [1.29, 1.82) is 0 Å². The molecule has 2 aromatic rings. The summed E-state index contributed by atoms with van der Waals surface area (Å²) in [6, 6.07) is 10.6. The fourth-order valence-corrected chi connectivity index (χ4v) is 4.62. The Bertz CT molecular complexity index is 1160. The third kappa shape index (κ3) is 4.58. The number of carbonyl (C=O) groups excluding carboxylic acids is 1. The van der Waals surface area contributed by atoms with Gasteiger partial charge in [0.2, 0.25) is 26.0 Å². The van der Waals surface area contributed by atoms with E-state index in [4.69, 9.17) is 5.14 Å². The SMILES string of the molecule is CN(C)S(=O)(=O)c1cccc(NC(=O)CN2CCc3cc(S(N)(=O)=O)ccc32)c1. The highest BCUT2D eigenvalue weighted by Gasteiger charge is 2.23. The van der Waals surface area contributed by atoms with Gasteiger partial charge in [-0.2, -0.15) is 0 Å². The number of carbonyl (C=O) groups is 1. The van der Waals surface area contributed by atoms with E-state index >= 15 is 0 Å². The zero-order chi connectivity index (χ0) is 21.4. The highest BCUT2D eigenvalue weighted by molar-refractivity contribution is 7.89. The lowest BCUT2D eigenvalue weighted by Crippen LogP contribution is -2.32. The van der Waals surface area contributed by atoms with Crippen LogP contribution >= 0.6 is 0 Å². The van der Waals surface area contributed by atoms with E-state index in [9.17, 15) is 21.6 Å². The molecule has 9 nitrogen and oxygen atoms in total. The van der Waals surface area contributed by atoms with E-state index in [-0.39, 0.29) is 22.2 Å². The Labute approximate surface area is 170 Å². The number of nitrogens with two attached hydrogens (primary N) is 1. The van der Waals surface area contributed by atoms with Crippen molar-refractivity contribution >= 4 is 37.3 Å². The van der Waals surface area contributed by atoms with Gasteiger partial charge in [0.05, 0.1) is 16.3 Å². The summed E-state index contributed by atoms with van der Waals surface area (Å²) in [5, 5.41) is 7.87. The van der Waals surface area contributed by atoms with Gasteiger partial charge in [0, 0.05) is 32.0 Å². The van der Waals surface area contributed by atoms with Crippen LogP contribution in [0.4, 0.5) is 11.4 Å². The standard InChI is InChI=1S/C18H22N4O5S2/c1-21(2)29(26,27)16-5-3-4-14(11-16)20-18(23)12-22-9-8-13-10-15(28(19,24)25)6-7-17(13)22/h3-7,10-11H,8-9,12H2,1-2H3,(H,20,23)(H2,19,24,25). The molecule has 2 aromatic carbocycles. The van der Waals surface area contributed by atoms with Gasteiger partial charge in [0.25, 0.3) is 0 Å². The molecular weight excluding hydrogens is 416 g/mol. The smallest absolute Gasteiger partial charge is 0.243 e. The Morgan fingerprint density at radius 2 is 1.83 bits per heavy atom. The van der Waals surface area contributed by atoms with Crippen LogP contribution in [0.25, 0.3) is 0 Å². The Morgan fingerprint density at radius 3 is 2.48 bits per heavy atom. The molecule has 3 rings (SSSR count). The number of nitrogens with one attached hydrogen (secondary N) is 1. The number of fused-ring (bicyclic) bond motifs is 1. The number of benzene rings is 2. The Morgan fingerprint density at radius 1 is 1.10 bits per heavy atom. The van der Waals surface area contributed by atoms with Gasteiger partial charge < -0.3 is 10.2 Å². The number of hydrogen-bond donors (Lipinski definition) is 2. The van der Waals surface area contributed by atoms with Crippen LogP contribution in [0.2, 0.25) is 0 Å². The van der Waals surface area contributed by atoms with Crippen molar-refractivity contribution in [1.82, 2.24) is 4.31 Å². The van der Waals surface area contributed by atoms with Crippen LogP contribution in [0.3, 0.4) is 0 Å². The number of nitrogens with zero attached hydrogens (tertiary/aromatic N) is 2. The minimum absolute atomic E-state index is 0.0430. The molecule has 1 aliphatic rings. The summed E-state index contributed by atoms with van der Waals surface area (Å²) < 4.78 is 48.6. The third-order valence-electron chi connectivity index (χ3n) is 4.60. The molecule has 0 saturated carbocycles. The molecule has 1 aliphatic heterocycles. The summed E-state index contributed by atoms with van der Waals surface area (Å²) >= 11 is 0. The van der Waals surface area contributed by atoms with Crippen LogP contribution in [0.5, 0.6) is 0 Å². The number of sulfonamides is 2. The van der Waals surface area contributed by atoms with Crippen LogP contribution in [0.15, 0.2) is 52.3 Å². The molecule has 0 fully saturated rings. The molecule has 156 valence electrons. The monoisotopic (exact) mass is 438 g/mol. The van der Waals surface area contributed by atoms with Gasteiger partial charge in [-0.3, -0.25) is 4.79 Å². The third-order valence-corrected chi connectivity index (χ3v) is 7.32. The van der Waals surface area contributed by atoms with Crippen molar-refractivity contribution in [3.05, 3.63) is 48.0 Å². The summed E-state index contributed by atoms with van der Waals surface area (Å²) in [6.45, 7) is 0.609.